The fourth-order valence-corrected chi connectivity index (χ4v) is 2.39. The Labute approximate surface area is 133 Å². The zero-order valence-electron chi connectivity index (χ0n) is 12.7. The highest BCUT2D eigenvalue weighted by Crippen LogP contribution is 2.31. The van der Waals surface area contributed by atoms with Gasteiger partial charge in [0.15, 0.2) is 0 Å². The van der Waals surface area contributed by atoms with Crippen LogP contribution in [0.25, 0.3) is 11.1 Å². The van der Waals surface area contributed by atoms with Crippen molar-refractivity contribution in [1.29, 1.82) is 0 Å². The lowest BCUT2D eigenvalue weighted by molar-refractivity contribution is 0.0696. The Hall–Kier alpha value is -2.82. The Balaban J connectivity index is 1.94. The van der Waals surface area contributed by atoms with Gasteiger partial charge >= 0.3 is 5.97 Å². The summed E-state index contributed by atoms with van der Waals surface area (Å²) in [4.78, 5) is 23.2. The Morgan fingerprint density at radius 3 is 2.57 bits per heavy atom. The van der Waals surface area contributed by atoms with Crippen molar-refractivity contribution in [2.45, 2.75) is 18.9 Å². The average molecular weight is 311 g/mol. The highest BCUT2D eigenvalue weighted by Gasteiger charge is 2.24. The van der Waals surface area contributed by atoms with Crippen molar-refractivity contribution in [3.05, 3.63) is 53.6 Å². The summed E-state index contributed by atoms with van der Waals surface area (Å²) in [6.07, 6.45) is 2.08. The fourth-order valence-electron chi connectivity index (χ4n) is 2.39. The van der Waals surface area contributed by atoms with Crippen molar-refractivity contribution < 1.29 is 19.4 Å². The zero-order valence-corrected chi connectivity index (χ0v) is 12.7. The van der Waals surface area contributed by atoms with Gasteiger partial charge < -0.3 is 15.2 Å². The van der Waals surface area contributed by atoms with E-state index >= 15 is 0 Å². The molecule has 0 atom stereocenters. The number of methoxy groups -OCH3 is 1. The molecule has 118 valence electrons. The number of ether oxygens (including phenoxy) is 1. The van der Waals surface area contributed by atoms with Crippen molar-refractivity contribution >= 4 is 11.9 Å². The standard InChI is InChI=1S/C18H17NO4/c1-23-16-10-13(18(21)22)5-8-15(16)11-3-2-4-12(9-11)17(20)19-14-6-7-14/h2-5,8-10,14H,6-7H2,1H3,(H,19,20)(H,21,22). The van der Waals surface area contributed by atoms with Crippen LogP contribution in [-0.4, -0.2) is 30.1 Å². The third-order valence-electron chi connectivity index (χ3n) is 3.80. The van der Waals surface area contributed by atoms with Crippen LogP contribution in [0.3, 0.4) is 0 Å². The number of amides is 1. The molecule has 2 aromatic rings. The second kappa shape index (κ2) is 6.12. The van der Waals surface area contributed by atoms with Gasteiger partial charge in [0.05, 0.1) is 12.7 Å². The first-order valence-corrected chi connectivity index (χ1v) is 7.41. The van der Waals surface area contributed by atoms with Crippen molar-refractivity contribution in [1.82, 2.24) is 5.32 Å². The molecule has 1 saturated carbocycles. The predicted octanol–water partition coefficient (Wildman–Crippen LogP) is 2.95. The number of carbonyl (C=O) groups is 2. The molecular weight excluding hydrogens is 294 g/mol. The number of carboxylic acid groups (broad SMARTS) is 1. The molecule has 5 nitrogen and oxygen atoms in total. The van der Waals surface area contributed by atoms with Crippen LogP contribution in [0.4, 0.5) is 0 Å². The van der Waals surface area contributed by atoms with Crippen LogP contribution < -0.4 is 10.1 Å². The third-order valence-corrected chi connectivity index (χ3v) is 3.80. The average Bonchev–Trinajstić information content (AvgIpc) is 3.38. The van der Waals surface area contributed by atoms with Gasteiger partial charge in [-0.1, -0.05) is 12.1 Å². The highest BCUT2D eigenvalue weighted by molar-refractivity contribution is 5.96. The molecular formula is C18H17NO4. The van der Waals surface area contributed by atoms with Crippen LogP contribution in [-0.2, 0) is 0 Å². The second-order valence-electron chi connectivity index (χ2n) is 5.55. The van der Waals surface area contributed by atoms with E-state index < -0.39 is 5.97 Å². The first-order valence-electron chi connectivity index (χ1n) is 7.41. The minimum atomic E-state index is -1.01. The van der Waals surface area contributed by atoms with E-state index in [4.69, 9.17) is 9.84 Å². The number of hydrogen-bond acceptors (Lipinski definition) is 3. The third kappa shape index (κ3) is 3.34. The van der Waals surface area contributed by atoms with E-state index in [-0.39, 0.29) is 11.5 Å². The minimum Gasteiger partial charge on any atom is -0.496 e. The summed E-state index contributed by atoms with van der Waals surface area (Å²) in [5.41, 5.74) is 2.30. The Bertz CT molecular complexity index is 765. The quantitative estimate of drug-likeness (QED) is 0.890. The van der Waals surface area contributed by atoms with Gasteiger partial charge in [-0.2, -0.15) is 0 Å². The Kier molecular flexibility index (Phi) is 4.02. The summed E-state index contributed by atoms with van der Waals surface area (Å²) in [5.74, 6) is -0.632. The summed E-state index contributed by atoms with van der Waals surface area (Å²) in [6, 6.07) is 12.2. The van der Waals surface area contributed by atoms with Crippen LogP contribution in [0, 0.1) is 0 Å². The number of hydrogen-bond donors (Lipinski definition) is 2. The second-order valence-corrected chi connectivity index (χ2v) is 5.55. The molecule has 3 rings (SSSR count). The molecule has 0 aromatic heterocycles. The predicted molar refractivity (Wildman–Crippen MR) is 85.9 cm³/mol. The van der Waals surface area contributed by atoms with Crippen molar-refractivity contribution in [3.63, 3.8) is 0 Å². The van der Waals surface area contributed by atoms with Crippen molar-refractivity contribution in [3.8, 4) is 16.9 Å². The number of carboxylic acids is 1. The molecule has 1 fully saturated rings. The van der Waals surface area contributed by atoms with Gasteiger partial charge in [0.2, 0.25) is 0 Å². The SMILES string of the molecule is COc1cc(C(=O)O)ccc1-c1cccc(C(=O)NC2CC2)c1. The molecule has 0 bridgehead atoms. The smallest absolute Gasteiger partial charge is 0.335 e. The van der Waals surface area contributed by atoms with Crippen molar-refractivity contribution in [2.75, 3.05) is 7.11 Å². The van der Waals surface area contributed by atoms with Crippen LogP contribution in [0.15, 0.2) is 42.5 Å². The number of aromatic carboxylic acids is 1. The first-order chi connectivity index (χ1) is 11.1. The van der Waals surface area contributed by atoms with Gasteiger partial charge in [0.25, 0.3) is 5.91 Å². The molecule has 0 unspecified atom stereocenters. The van der Waals surface area contributed by atoms with E-state index in [9.17, 15) is 9.59 Å². The molecule has 5 heteroatoms. The molecule has 1 aliphatic rings. The molecule has 0 heterocycles. The van der Waals surface area contributed by atoms with E-state index in [1.54, 1.807) is 18.2 Å². The molecule has 1 aliphatic carbocycles. The molecule has 0 spiro atoms. The van der Waals surface area contributed by atoms with E-state index in [0.29, 0.717) is 17.4 Å². The van der Waals surface area contributed by atoms with Crippen molar-refractivity contribution in [2.24, 2.45) is 0 Å². The maximum absolute atomic E-state index is 12.2. The lowest BCUT2D eigenvalue weighted by Gasteiger charge is -2.11. The summed E-state index contributed by atoms with van der Waals surface area (Å²) >= 11 is 0. The Morgan fingerprint density at radius 1 is 1.13 bits per heavy atom. The first kappa shape index (κ1) is 15.1. The molecule has 2 aromatic carbocycles. The van der Waals surface area contributed by atoms with Gasteiger partial charge in [0.1, 0.15) is 5.75 Å². The number of rotatable bonds is 5. The lowest BCUT2D eigenvalue weighted by Crippen LogP contribution is -2.25. The van der Waals surface area contributed by atoms with Gasteiger partial charge in [0, 0.05) is 17.2 Å². The summed E-state index contributed by atoms with van der Waals surface area (Å²) in [5, 5.41) is 12.0. The van der Waals surface area contributed by atoms with E-state index in [1.165, 1.54) is 19.2 Å². The van der Waals surface area contributed by atoms with Crippen LogP contribution in [0.5, 0.6) is 5.75 Å². The van der Waals surface area contributed by atoms with Crippen LogP contribution >= 0.6 is 0 Å². The number of carbonyl (C=O) groups excluding carboxylic acids is 1. The summed E-state index contributed by atoms with van der Waals surface area (Å²) < 4.78 is 5.30. The largest absolute Gasteiger partial charge is 0.496 e. The minimum absolute atomic E-state index is 0.0875. The van der Waals surface area contributed by atoms with Gasteiger partial charge in [-0.25, -0.2) is 4.79 Å². The molecule has 0 aliphatic heterocycles. The summed E-state index contributed by atoms with van der Waals surface area (Å²) in [7, 11) is 1.49. The lowest BCUT2D eigenvalue weighted by atomic mass is 10.00. The Morgan fingerprint density at radius 2 is 1.91 bits per heavy atom. The number of benzene rings is 2. The van der Waals surface area contributed by atoms with Crippen LogP contribution in [0.2, 0.25) is 0 Å². The highest BCUT2D eigenvalue weighted by atomic mass is 16.5. The zero-order chi connectivity index (χ0) is 16.4. The molecule has 23 heavy (non-hydrogen) atoms. The normalized spacial score (nSPS) is 13.4. The molecule has 0 radical (unpaired) electrons. The van der Waals surface area contributed by atoms with E-state index in [2.05, 4.69) is 5.32 Å². The topological polar surface area (TPSA) is 75.6 Å². The number of nitrogens with one attached hydrogen (secondary N) is 1. The maximum Gasteiger partial charge on any atom is 0.335 e. The van der Waals surface area contributed by atoms with E-state index in [0.717, 1.165) is 24.0 Å². The van der Waals surface area contributed by atoms with Gasteiger partial charge in [-0.15, -0.1) is 0 Å². The molecule has 0 saturated heterocycles. The molecule has 2 N–H and O–H groups in total. The fraction of sp³-hybridized carbons (Fsp3) is 0.222. The molecule has 1 amide bonds. The summed E-state index contributed by atoms with van der Waals surface area (Å²) in [6.45, 7) is 0. The maximum atomic E-state index is 12.2. The van der Waals surface area contributed by atoms with E-state index in [1.807, 2.05) is 12.1 Å². The van der Waals surface area contributed by atoms with Crippen LogP contribution in [0.1, 0.15) is 33.6 Å². The van der Waals surface area contributed by atoms with Gasteiger partial charge in [-0.3, -0.25) is 4.79 Å². The monoisotopic (exact) mass is 311 g/mol. The van der Waals surface area contributed by atoms with Gasteiger partial charge in [-0.05, 0) is 48.7 Å².